The lowest BCUT2D eigenvalue weighted by molar-refractivity contribution is 0.0991. The molecule has 0 spiro atoms. The normalized spacial score (nSPS) is 9.00. The molecule has 1 amide bonds. The molecular formula is C3H3N3O2. The molecule has 0 aliphatic carbocycles. The van der Waals surface area contributed by atoms with Crippen LogP contribution in [0.15, 0.2) is 10.8 Å². The Morgan fingerprint density at radius 3 is 2.88 bits per heavy atom. The molecule has 0 aliphatic heterocycles. The molecule has 0 aromatic carbocycles. The fourth-order valence-electron chi connectivity index (χ4n) is 0.273. The van der Waals surface area contributed by atoms with Gasteiger partial charge in [-0.2, -0.15) is 0 Å². The third kappa shape index (κ3) is 0.651. The molecule has 0 unspecified atom stereocenters. The highest BCUT2D eigenvalue weighted by Gasteiger charge is 2.01. The molecule has 5 heteroatoms. The summed E-state index contributed by atoms with van der Waals surface area (Å²) in [5.41, 5.74) is 4.80. The van der Waals surface area contributed by atoms with Crippen LogP contribution in [0.4, 0.5) is 0 Å². The first kappa shape index (κ1) is 4.76. The number of nitrogens with zero attached hydrogens (tertiary/aromatic N) is 2. The van der Waals surface area contributed by atoms with Gasteiger partial charge < -0.3 is 5.73 Å². The van der Waals surface area contributed by atoms with Crippen molar-refractivity contribution in [1.82, 2.24) is 10.3 Å². The van der Waals surface area contributed by atoms with E-state index in [4.69, 9.17) is 5.73 Å². The maximum absolute atomic E-state index is 10.1. The summed E-state index contributed by atoms with van der Waals surface area (Å²) in [7, 11) is 0. The summed E-state index contributed by atoms with van der Waals surface area (Å²) >= 11 is 0. The third-order valence-electron chi connectivity index (χ3n) is 0.614. The molecule has 1 rings (SSSR count). The van der Waals surface area contributed by atoms with Crippen molar-refractivity contribution < 1.29 is 9.42 Å². The molecule has 0 saturated carbocycles. The average Bonchev–Trinajstić information content (AvgIpc) is 2.12. The number of hydrogen-bond donors (Lipinski definition) is 1. The van der Waals surface area contributed by atoms with Crippen molar-refractivity contribution >= 4 is 5.91 Å². The number of amides is 1. The second kappa shape index (κ2) is 1.61. The molecule has 5 nitrogen and oxygen atoms in total. The van der Waals surface area contributed by atoms with Crippen LogP contribution in [0.1, 0.15) is 10.5 Å². The van der Waals surface area contributed by atoms with Gasteiger partial charge in [0.1, 0.15) is 6.20 Å². The van der Waals surface area contributed by atoms with Gasteiger partial charge in [0.2, 0.25) is 0 Å². The van der Waals surface area contributed by atoms with Gasteiger partial charge in [0.25, 0.3) is 5.91 Å². The molecule has 0 atom stereocenters. The number of rotatable bonds is 1. The predicted octanol–water partition coefficient (Wildman–Crippen LogP) is -0.832. The molecule has 8 heavy (non-hydrogen) atoms. The minimum atomic E-state index is -0.633. The van der Waals surface area contributed by atoms with Crippen LogP contribution in [0.2, 0.25) is 0 Å². The van der Waals surface area contributed by atoms with Crippen LogP contribution in [0.5, 0.6) is 0 Å². The summed E-state index contributed by atoms with van der Waals surface area (Å²) in [5, 5.41) is 6.31. The molecule has 2 N–H and O–H groups in total. The Hall–Kier alpha value is -1.39. The smallest absolute Gasteiger partial charge is 0.272 e. The van der Waals surface area contributed by atoms with Crippen LogP contribution in [-0.4, -0.2) is 16.2 Å². The van der Waals surface area contributed by atoms with Crippen molar-refractivity contribution in [3.63, 3.8) is 0 Å². The summed E-state index contributed by atoms with van der Waals surface area (Å²) in [6.07, 6.45) is 1.16. The summed E-state index contributed by atoms with van der Waals surface area (Å²) in [5.74, 6) is -0.633. The highest BCUT2D eigenvalue weighted by Crippen LogP contribution is 1.85. The molecule has 0 bridgehead atoms. The number of primary amides is 1. The van der Waals surface area contributed by atoms with Gasteiger partial charge in [-0.05, 0) is 5.16 Å². The first-order valence-corrected chi connectivity index (χ1v) is 1.88. The lowest BCUT2D eigenvalue weighted by atomic mass is 10.5. The Bertz CT molecular complexity index is 180. The monoisotopic (exact) mass is 113 g/mol. The van der Waals surface area contributed by atoms with E-state index >= 15 is 0 Å². The maximum Gasteiger partial charge on any atom is 0.272 e. The van der Waals surface area contributed by atoms with Crippen molar-refractivity contribution in [1.29, 1.82) is 0 Å². The van der Waals surface area contributed by atoms with E-state index in [9.17, 15) is 4.79 Å². The Morgan fingerprint density at radius 1 is 1.88 bits per heavy atom. The maximum atomic E-state index is 10.1. The Balaban J connectivity index is 2.93. The zero-order valence-corrected chi connectivity index (χ0v) is 3.87. The van der Waals surface area contributed by atoms with Crippen LogP contribution in [-0.2, 0) is 0 Å². The van der Waals surface area contributed by atoms with Gasteiger partial charge in [-0.1, -0.05) is 5.16 Å². The van der Waals surface area contributed by atoms with E-state index < -0.39 is 5.91 Å². The molecular weight excluding hydrogens is 110 g/mol. The summed E-state index contributed by atoms with van der Waals surface area (Å²) in [6.45, 7) is 0. The quantitative estimate of drug-likeness (QED) is 0.515. The van der Waals surface area contributed by atoms with Gasteiger partial charge in [0, 0.05) is 0 Å². The van der Waals surface area contributed by atoms with E-state index in [1.807, 2.05) is 0 Å². The molecule has 0 saturated heterocycles. The fourth-order valence-corrected chi connectivity index (χ4v) is 0.273. The highest BCUT2D eigenvalue weighted by molar-refractivity contribution is 5.90. The standard InChI is InChI=1S/C3H3N3O2/c4-3(7)2-1-5-8-6-2/h1H,(H2,4,7). The van der Waals surface area contributed by atoms with Gasteiger partial charge in [-0.15, -0.1) is 0 Å². The van der Waals surface area contributed by atoms with Gasteiger partial charge in [0.15, 0.2) is 5.69 Å². The Labute approximate surface area is 44.4 Å². The Morgan fingerprint density at radius 2 is 2.62 bits per heavy atom. The molecule has 1 heterocycles. The average molecular weight is 113 g/mol. The van der Waals surface area contributed by atoms with Gasteiger partial charge >= 0.3 is 0 Å². The van der Waals surface area contributed by atoms with E-state index in [-0.39, 0.29) is 5.69 Å². The number of carbonyl (C=O) groups excluding carboxylic acids is 1. The van der Waals surface area contributed by atoms with E-state index in [1.54, 1.807) is 0 Å². The number of hydrogen-bond acceptors (Lipinski definition) is 4. The van der Waals surface area contributed by atoms with Gasteiger partial charge in [-0.3, -0.25) is 4.79 Å². The zero-order chi connectivity index (χ0) is 5.98. The van der Waals surface area contributed by atoms with E-state index in [1.165, 1.54) is 0 Å². The van der Waals surface area contributed by atoms with E-state index in [0.717, 1.165) is 6.20 Å². The summed E-state index contributed by atoms with van der Waals surface area (Å²) in [6, 6.07) is 0. The number of aromatic nitrogens is 2. The van der Waals surface area contributed by atoms with Crippen LogP contribution in [0.25, 0.3) is 0 Å². The zero-order valence-electron chi connectivity index (χ0n) is 3.87. The molecule has 1 aromatic heterocycles. The second-order valence-corrected chi connectivity index (χ2v) is 1.16. The molecule has 42 valence electrons. The van der Waals surface area contributed by atoms with Crippen molar-refractivity contribution in [2.75, 3.05) is 0 Å². The predicted molar refractivity (Wildman–Crippen MR) is 22.8 cm³/mol. The molecule has 0 aliphatic rings. The van der Waals surface area contributed by atoms with Crippen LogP contribution in [0, 0.1) is 0 Å². The van der Waals surface area contributed by atoms with E-state index in [0.29, 0.717) is 0 Å². The SMILES string of the molecule is NC(=O)c1cnon1. The lowest BCUT2D eigenvalue weighted by Gasteiger charge is -1.75. The van der Waals surface area contributed by atoms with Crippen molar-refractivity contribution in [2.45, 2.75) is 0 Å². The largest absolute Gasteiger partial charge is 0.364 e. The third-order valence-corrected chi connectivity index (χ3v) is 0.614. The van der Waals surface area contributed by atoms with Gasteiger partial charge in [0.05, 0.1) is 0 Å². The number of nitrogens with two attached hydrogens (primary N) is 1. The first-order chi connectivity index (χ1) is 3.80. The van der Waals surface area contributed by atoms with Crippen LogP contribution < -0.4 is 5.73 Å². The topological polar surface area (TPSA) is 82.0 Å². The van der Waals surface area contributed by atoms with Crippen molar-refractivity contribution in [3.8, 4) is 0 Å². The molecule has 1 aromatic rings. The lowest BCUT2D eigenvalue weighted by Crippen LogP contribution is -2.10. The fraction of sp³-hybridized carbons (Fsp3) is 0. The second-order valence-electron chi connectivity index (χ2n) is 1.16. The van der Waals surface area contributed by atoms with Crippen LogP contribution in [0.3, 0.4) is 0 Å². The van der Waals surface area contributed by atoms with Gasteiger partial charge in [-0.25, -0.2) is 4.63 Å². The van der Waals surface area contributed by atoms with Crippen molar-refractivity contribution in [3.05, 3.63) is 11.9 Å². The highest BCUT2D eigenvalue weighted by atomic mass is 16.6. The Kier molecular flexibility index (Phi) is 0.957. The van der Waals surface area contributed by atoms with E-state index in [2.05, 4.69) is 14.9 Å². The molecule has 0 radical (unpaired) electrons. The van der Waals surface area contributed by atoms with Crippen LogP contribution >= 0.6 is 0 Å². The number of carbonyl (C=O) groups is 1. The van der Waals surface area contributed by atoms with Crippen molar-refractivity contribution in [2.24, 2.45) is 5.73 Å². The molecule has 0 fully saturated rings. The first-order valence-electron chi connectivity index (χ1n) is 1.88. The summed E-state index contributed by atoms with van der Waals surface area (Å²) in [4.78, 5) is 10.1. The minimum absolute atomic E-state index is 0.0463. The minimum Gasteiger partial charge on any atom is -0.364 e. The summed E-state index contributed by atoms with van der Waals surface area (Å²) < 4.78 is 4.07.